The molecule has 1 N–H and O–H groups in total. The van der Waals surface area contributed by atoms with E-state index < -0.39 is 5.41 Å². The Kier molecular flexibility index (Phi) is 5.89. The average molecular weight is 357 g/mol. The first-order valence-corrected chi connectivity index (χ1v) is 8.93. The van der Waals surface area contributed by atoms with Crippen molar-refractivity contribution in [2.45, 2.75) is 31.1 Å². The van der Waals surface area contributed by atoms with E-state index in [1.807, 2.05) is 24.3 Å². The zero-order valence-corrected chi connectivity index (χ0v) is 15.0. The standard InChI is InChI=1S/C21H24FNO3/c1-25-14-15-26-19-10-8-18(9-11-19)23-20(24)21(12-2-3-13-21)16-4-6-17(22)7-5-16/h4-11H,2-3,12-15H2,1H3,(H,23,24). The van der Waals surface area contributed by atoms with Crippen molar-refractivity contribution in [3.63, 3.8) is 0 Å². The molecule has 1 aliphatic rings. The van der Waals surface area contributed by atoms with Gasteiger partial charge in [0.1, 0.15) is 18.2 Å². The number of carbonyl (C=O) groups excluding carboxylic acids is 1. The molecule has 0 atom stereocenters. The van der Waals surface area contributed by atoms with Crippen LogP contribution in [-0.2, 0) is 14.9 Å². The number of amides is 1. The zero-order chi connectivity index (χ0) is 18.4. The van der Waals surface area contributed by atoms with Gasteiger partial charge < -0.3 is 14.8 Å². The molecule has 1 saturated carbocycles. The molecule has 1 aliphatic carbocycles. The molecule has 138 valence electrons. The lowest BCUT2D eigenvalue weighted by Gasteiger charge is -2.28. The summed E-state index contributed by atoms with van der Waals surface area (Å²) in [5, 5.41) is 3.02. The minimum absolute atomic E-state index is 0.0327. The smallest absolute Gasteiger partial charge is 0.235 e. The molecule has 0 aliphatic heterocycles. The van der Waals surface area contributed by atoms with E-state index in [2.05, 4.69) is 5.32 Å². The van der Waals surface area contributed by atoms with Crippen LogP contribution in [-0.4, -0.2) is 26.2 Å². The van der Waals surface area contributed by atoms with Crippen LogP contribution in [0.15, 0.2) is 48.5 Å². The highest BCUT2D eigenvalue weighted by Gasteiger charge is 2.42. The summed E-state index contributed by atoms with van der Waals surface area (Å²) in [7, 11) is 1.63. The molecule has 0 unspecified atom stereocenters. The summed E-state index contributed by atoms with van der Waals surface area (Å²) in [5.41, 5.74) is 1.03. The number of benzene rings is 2. The van der Waals surface area contributed by atoms with Crippen molar-refractivity contribution in [3.8, 4) is 5.75 Å². The van der Waals surface area contributed by atoms with E-state index in [1.54, 1.807) is 19.2 Å². The van der Waals surface area contributed by atoms with Crippen LogP contribution in [0.25, 0.3) is 0 Å². The Hall–Kier alpha value is -2.40. The minimum Gasteiger partial charge on any atom is -0.491 e. The van der Waals surface area contributed by atoms with Crippen LogP contribution in [0.3, 0.4) is 0 Å². The van der Waals surface area contributed by atoms with Gasteiger partial charge in [-0.1, -0.05) is 25.0 Å². The van der Waals surface area contributed by atoms with Crippen molar-refractivity contribution in [2.75, 3.05) is 25.6 Å². The Morgan fingerprint density at radius 1 is 1.04 bits per heavy atom. The normalized spacial score (nSPS) is 15.6. The van der Waals surface area contributed by atoms with Gasteiger partial charge in [0.25, 0.3) is 0 Å². The number of rotatable bonds is 7. The summed E-state index contributed by atoms with van der Waals surface area (Å²) in [6.45, 7) is 1.01. The molecule has 0 heterocycles. The van der Waals surface area contributed by atoms with Gasteiger partial charge in [-0.15, -0.1) is 0 Å². The quantitative estimate of drug-likeness (QED) is 0.752. The summed E-state index contributed by atoms with van der Waals surface area (Å²) in [4.78, 5) is 13.1. The van der Waals surface area contributed by atoms with Crippen LogP contribution in [0.2, 0.25) is 0 Å². The van der Waals surface area contributed by atoms with Gasteiger partial charge in [-0.05, 0) is 54.8 Å². The van der Waals surface area contributed by atoms with E-state index in [0.717, 1.165) is 42.7 Å². The molecule has 0 spiro atoms. The maximum atomic E-state index is 13.3. The van der Waals surface area contributed by atoms with Crippen molar-refractivity contribution in [3.05, 3.63) is 59.9 Å². The maximum Gasteiger partial charge on any atom is 0.235 e. The second kappa shape index (κ2) is 8.32. The molecule has 0 radical (unpaired) electrons. The van der Waals surface area contributed by atoms with Gasteiger partial charge in [0.2, 0.25) is 5.91 Å². The SMILES string of the molecule is COCCOc1ccc(NC(=O)C2(c3ccc(F)cc3)CCCC2)cc1. The molecular weight excluding hydrogens is 333 g/mol. The van der Waals surface area contributed by atoms with Crippen LogP contribution in [0.4, 0.5) is 10.1 Å². The first-order valence-electron chi connectivity index (χ1n) is 8.93. The van der Waals surface area contributed by atoms with Crippen molar-refractivity contribution < 1.29 is 18.7 Å². The number of halogens is 1. The number of carbonyl (C=O) groups is 1. The number of hydrogen-bond donors (Lipinski definition) is 1. The van der Waals surface area contributed by atoms with Crippen LogP contribution < -0.4 is 10.1 Å². The number of methoxy groups -OCH3 is 1. The third-order valence-corrected chi connectivity index (χ3v) is 4.96. The summed E-state index contributed by atoms with van der Waals surface area (Å²) in [6.07, 6.45) is 3.56. The van der Waals surface area contributed by atoms with Crippen molar-refractivity contribution >= 4 is 11.6 Å². The van der Waals surface area contributed by atoms with Crippen LogP contribution in [0.5, 0.6) is 5.75 Å². The summed E-state index contributed by atoms with van der Waals surface area (Å²) >= 11 is 0. The molecule has 26 heavy (non-hydrogen) atoms. The molecule has 2 aromatic rings. The van der Waals surface area contributed by atoms with E-state index in [4.69, 9.17) is 9.47 Å². The first kappa shape index (κ1) is 18.4. The fourth-order valence-corrected chi connectivity index (χ4v) is 3.52. The number of anilines is 1. The van der Waals surface area contributed by atoms with Crippen molar-refractivity contribution in [1.29, 1.82) is 0 Å². The fraction of sp³-hybridized carbons (Fsp3) is 0.381. The molecule has 0 aromatic heterocycles. The Morgan fingerprint density at radius 3 is 2.31 bits per heavy atom. The summed E-state index contributed by atoms with van der Waals surface area (Å²) in [5.74, 6) is 0.412. The van der Waals surface area contributed by atoms with Crippen LogP contribution in [0, 0.1) is 5.82 Å². The Labute approximate surface area is 153 Å². The largest absolute Gasteiger partial charge is 0.491 e. The Bertz CT molecular complexity index is 722. The number of ether oxygens (including phenoxy) is 2. The van der Waals surface area contributed by atoms with Crippen LogP contribution >= 0.6 is 0 Å². The number of nitrogens with one attached hydrogen (secondary N) is 1. The molecule has 3 rings (SSSR count). The molecule has 1 fully saturated rings. The van der Waals surface area contributed by atoms with E-state index in [-0.39, 0.29) is 11.7 Å². The molecule has 5 heteroatoms. The zero-order valence-electron chi connectivity index (χ0n) is 15.0. The van der Waals surface area contributed by atoms with E-state index in [0.29, 0.717) is 13.2 Å². The van der Waals surface area contributed by atoms with Gasteiger partial charge in [-0.3, -0.25) is 4.79 Å². The van der Waals surface area contributed by atoms with Gasteiger partial charge in [0.05, 0.1) is 12.0 Å². The lowest BCUT2D eigenvalue weighted by molar-refractivity contribution is -0.121. The minimum atomic E-state index is -0.582. The van der Waals surface area contributed by atoms with Crippen LogP contribution in [0.1, 0.15) is 31.2 Å². The topological polar surface area (TPSA) is 47.6 Å². The first-order chi connectivity index (χ1) is 12.6. The molecule has 0 bridgehead atoms. The molecule has 2 aromatic carbocycles. The number of hydrogen-bond acceptors (Lipinski definition) is 3. The third-order valence-electron chi connectivity index (χ3n) is 4.96. The second-order valence-corrected chi connectivity index (χ2v) is 6.62. The van der Waals surface area contributed by atoms with Gasteiger partial charge in [0, 0.05) is 12.8 Å². The average Bonchev–Trinajstić information content (AvgIpc) is 3.15. The molecular formula is C21H24FNO3. The Balaban J connectivity index is 1.71. The highest BCUT2D eigenvalue weighted by molar-refractivity contribution is 5.99. The summed E-state index contributed by atoms with van der Waals surface area (Å²) in [6, 6.07) is 13.6. The second-order valence-electron chi connectivity index (χ2n) is 6.62. The third kappa shape index (κ3) is 4.05. The van der Waals surface area contributed by atoms with Gasteiger partial charge in [-0.25, -0.2) is 4.39 Å². The van der Waals surface area contributed by atoms with Crippen molar-refractivity contribution in [2.24, 2.45) is 0 Å². The lowest BCUT2D eigenvalue weighted by atomic mass is 9.78. The van der Waals surface area contributed by atoms with Crippen molar-refractivity contribution in [1.82, 2.24) is 0 Å². The lowest BCUT2D eigenvalue weighted by Crippen LogP contribution is -2.38. The van der Waals surface area contributed by atoms with Gasteiger partial charge >= 0.3 is 0 Å². The summed E-state index contributed by atoms with van der Waals surface area (Å²) < 4.78 is 23.8. The molecule has 1 amide bonds. The maximum absolute atomic E-state index is 13.3. The molecule has 0 saturated heterocycles. The van der Waals surface area contributed by atoms with Gasteiger partial charge in [0.15, 0.2) is 0 Å². The van der Waals surface area contributed by atoms with Gasteiger partial charge in [-0.2, -0.15) is 0 Å². The Morgan fingerprint density at radius 2 is 1.69 bits per heavy atom. The molecule has 4 nitrogen and oxygen atoms in total. The predicted octanol–water partition coefficient (Wildman–Crippen LogP) is 4.30. The monoisotopic (exact) mass is 357 g/mol. The fourth-order valence-electron chi connectivity index (χ4n) is 3.52. The van der Waals surface area contributed by atoms with E-state index in [1.165, 1.54) is 12.1 Å². The van der Waals surface area contributed by atoms with E-state index in [9.17, 15) is 9.18 Å². The predicted molar refractivity (Wildman–Crippen MR) is 99.0 cm³/mol. The van der Waals surface area contributed by atoms with E-state index >= 15 is 0 Å². The highest BCUT2D eigenvalue weighted by atomic mass is 19.1. The highest BCUT2D eigenvalue weighted by Crippen LogP contribution is 2.42.